The molecule has 0 saturated carbocycles. The fourth-order valence-corrected chi connectivity index (χ4v) is 4.31. The van der Waals surface area contributed by atoms with E-state index in [1.54, 1.807) is 24.0 Å². The highest BCUT2D eigenvalue weighted by molar-refractivity contribution is 9.10. The Morgan fingerprint density at radius 1 is 1.06 bits per heavy atom. The number of carbonyl (C=O) groups is 1. The van der Waals surface area contributed by atoms with Gasteiger partial charge in [-0.2, -0.15) is 0 Å². The summed E-state index contributed by atoms with van der Waals surface area (Å²) in [7, 11) is 0. The lowest BCUT2D eigenvalue weighted by Crippen LogP contribution is -2.50. The average molecular weight is 482 g/mol. The van der Waals surface area contributed by atoms with Crippen LogP contribution in [-0.2, 0) is 0 Å². The zero-order valence-corrected chi connectivity index (χ0v) is 18.6. The topological polar surface area (TPSA) is 52.9 Å². The van der Waals surface area contributed by atoms with Gasteiger partial charge in [-0.25, -0.2) is 14.2 Å². The number of carbonyl (C=O) groups excluding carboxylic acids is 1. The van der Waals surface area contributed by atoms with Gasteiger partial charge >= 0.3 is 6.03 Å². The minimum atomic E-state index is -0.326. The lowest BCUT2D eigenvalue weighted by molar-refractivity contribution is 0.208. The van der Waals surface area contributed by atoms with Crippen LogP contribution in [0.4, 0.5) is 20.7 Å². The third-order valence-corrected chi connectivity index (χ3v) is 6.18. The first-order chi connectivity index (χ1) is 15.0. The molecule has 1 saturated heterocycles. The van der Waals surface area contributed by atoms with Gasteiger partial charge in [0, 0.05) is 42.5 Å². The van der Waals surface area contributed by atoms with Crippen LogP contribution >= 0.6 is 15.9 Å². The molecule has 1 fully saturated rings. The van der Waals surface area contributed by atoms with Crippen molar-refractivity contribution in [2.45, 2.75) is 6.92 Å². The molecule has 158 valence electrons. The molecule has 1 N–H and O–H groups in total. The van der Waals surface area contributed by atoms with Crippen molar-refractivity contribution < 1.29 is 9.18 Å². The Balaban J connectivity index is 1.34. The Hall–Kier alpha value is -3.13. The highest BCUT2D eigenvalue weighted by atomic mass is 79.9. The number of aryl methyl sites for hydroxylation is 1. The van der Waals surface area contributed by atoms with Crippen LogP contribution in [-0.4, -0.2) is 46.5 Å². The highest BCUT2D eigenvalue weighted by Gasteiger charge is 2.24. The number of hydrogen-bond acceptors (Lipinski definition) is 3. The van der Waals surface area contributed by atoms with Crippen molar-refractivity contribution in [1.29, 1.82) is 0 Å². The van der Waals surface area contributed by atoms with E-state index in [0.717, 1.165) is 26.8 Å². The largest absolute Gasteiger partial charge is 0.351 e. The van der Waals surface area contributed by atoms with Crippen molar-refractivity contribution in [1.82, 2.24) is 14.3 Å². The average Bonchev–Trinajstić information content (AvgIpc) is 3.26. The third-order valence-electron chi connectivity index (χ3n) is 5.69. The number of urea groups is 1. The third kappa shape index (κ3) is 3.72. The molecule has 3 heterocycles. The maximum absolute atomic E-state index is 13.8. The van der Waals surface area contributed by atoms with Gasteiger partial charge in [-0.05, 0) is 55.0 Å². The fourth-order valence-electron chi connectivity index (χ4n) is 3.96. The molecule has 2 amide bonds. The molecule has 0 atom stereocenters. The number of halogens is 2. The van der Waals surface area contributed by atoms with Crippen LogP contribution in [0, 0.1) is 12.7 Å². The Morgan fingerprint density at radius 2 is 1.87 bits per heavy atom. The first kappa shape index (κ1) is 19.8. The van der Waals surface area contributed by atoms with Crippen molar-refractivity contribution in [3.63, 3.8) is 0 Å². The quantitative estimate of drug-likeness (QED) is 0.435. The summed E-state index contributed by atoms with van der Waals surface area (Å²) < 4.78 is 16.9. The minimum absolute atomic E-state index is 0.217. The molecule has 2 aromatic carbocycles. The Kier molecular flexibility index (Phi) is 5.02. The summed E-state index contributed by atoms with van der Waals surface area (Å²) in [6, 6.07) is 14.7. The predicted octanol–water partition coefficient (Wildman–Crippen LogP) is 5.05. The van der Waals surface area contributed by atoms with Crippen LogP contribution in [0.15, 0.2) is 59.2 Å². The number of nitrogens with one attached hydrogen (secondary N) is 1. The summed E-state index contributed by atoms with van der Waals surface area (Å²) in [4.78, 5) is 21.5. The first-order valence-electron chi connectivity index (χ1n) is 10.1. The van der Waals surface area contributed by atoms with Crippen molar-refractivity contribution in [2.24, 2.45) is 0 Å². The molecule has 2 aromatic heterocycles. The van der Waals surface area contributed by atoms with Gasteiger partial charge in [0.05, 0.1) is 16.6 Å². The second-order valence-electron chi connectivity index (χ2n) is 7.70. The van der Waals surface area contributed by atoms with Gasteiger partial charge in [0.15, 0.2) is 5.82 Å². The van der Waals surface area contributed by atoms with E-state index in [1.807, 2.05) is 24.4 Å². The molecule has 31 heavy (non-hydrogen) atoms. The van der Waals surface area contributed by atoms with Gasteiger partial charge in [0.1, 0.15) is 5.82 Å². The van der Waals surface area contributed by atoms with E-state index in [4.69, 9.17) is 4.98 Å². The van der Waals surface area contributed by atoms with Gasteiger partial charge in [-0.3, -0.25) is 0 Å². The first-order valence-corrected chi connectivity index (χ1v) is 10.9. The normalized spacial score (nSPS) is 14.4. The Morgan fingerprint density at radius 3 is 2.65 bits per heavy atom. The van der Waals surface area contributed by atoms with Crippen LogP contribution < -0.4 is 10.2 Å². The molecule has 8 heteroatoms. The van der Waals surface area contributed by atoms with E-state index in [1.165, 1.54) is 6.07 Å². The van der Waals surface area contributed by atoms with E-state index < -0.39 is 0 Å². The van der Waals surface area contributed by atoms with E-state index in [9.17, 15) is 9.18 Å². The number of nitrogens with zero attached hydrogens (tertiary/aromatic N) is 4. The smallest absolute Gasteiger partial charge is 0.321 e. The number of benzene rings is 2. The number of amides is 2. The summed E-state index contributed by atoms with van der Waals surface area (Å²) in [5.74, 6) is 0.587. The number of aromatic nitrogens is 2. The number of fused-ring (bicyclic) bond motifs is 3. The fraction of sp³-hybridized carbons (Fsp3) is 0.217. The summed E-state index contributed by atoms with van der Waals surface area (Å²) in [5.41, 5.74) is 4.03. The maximum Gasteiger partial charge on any atom is 0.321 e. The molecular weight excluding hydrogens is 461 g/mol. The monoisotopic (exact) mass is 481 g/mol. The number of anilines is 2. The van der Waals surface area contributed by atoms with Gasteiger partial charge in [0.25, 0.3) is 0 Å². The van der Waals surface area contributed by atoms with Crippen molar-refractivity contribution in [3.05, 3.63) is 70.6 Å². The second-order valence-corrected chi connectivity index (χ2v) is 8.62. The van der Waals surface area contributed by atoms with Crippen LogP contribution in [0.2, 0.25) is 0 Å². The maximum atomic E-state index is 13.8. The van der Waals surface area contributed by atoms with E-state index in [2.05, 4.69) is 42.7 Å². The molecule has 4 aromatic rings. The molecule has 0 bridgehead atoms. The van der Waals surface area contributed by atoms with Gasteiger partial charge < -0.3 is 19.5 Å². The molecule has 0 aliphatic carbocycles. The molecule has 0 radical (unpaired) electrons. The van der Waals surface area contributed by atoms with Crippen LogP contribution in [0.25, 0.3) is 16.6 Å². The number of rotatable bonds is 2. The van der Waals surface area contributed by atoms with Crippen molar-refractivity contribution in [3.8, 4) is 0 Å². The summed E-state index contributed by atoms with van der Waals surface area (Å²) in [6.07, 6.45) is 2.04. The number of hydrogen-bond donors (Lipinski definition) is 1. The van der Waals surface area contributed by atoms with Crippen LogP contribution in [0.1, 0.15) is 5.56 Å². The van der Waals surface area contributed by atoms with Crippen molar-refractivity contribution >= 4 is 50.0 Å². The van der Waals surface area contributed by atoms with Gasteiger partial charge in [0.2, 0.25) is 0 Å². The van der Waals surface area contributed by atoms with Crippen LogP contribution in [0.3, 0.4) is 0 Å². The zero-order valence-electron chi connectivity index (χ0n) is 17.0. The Labute approximate surface area is 187 Å². The summed E-state index contributed by atoms with van der Waals surface area (Å²) in [5, 5.41) is 2.79. The Bertz CT molecular complexity index is 1300. The minimum Gasteiger partial charge on any atom is -0.351 e. The van der Waals surface area contributed by atoms with E-state index >= 15 is 0 Å². The molecule has 5 rings (SSSR count). The molecule has 0 spiro atoms. The second kappa shape index (κ2) is 7.85. The predicted molar refractivity (Wildman–Crippen MR) is 124 cm³/mol. The lowest BCUT2D eigenvalue weighted by Gasteiger charge is -2.35. The highest BCUT2D eigenvalue weighted by Crippen LogP contribution is 2.28. The zero-order chi connectivity index (χ0) is 21.5. The molecule has 1 aliphatic rings. The molecular formula is C23H21BrFN5O. The number of piperazine rings is 1. The molecule has 1 aliphatic heterocycles. The van der Waals surface area contributed by atoms with Gasteiger partial charge in [-0.1, -0.05) is 22.0 Å². The SMILES string of the molecule is Cc1ccc(NC(=O)N2CCN(c3nc4cc(Br)ccc4n4cccc34)CC2)cc1F. The van der Waals surface area contributed by atoms with Gasteiger partial charge in [-0.15, -0.1) is 0 Å². The van der Waals surface area contributed by atoms with Crippen molar-refractivity contribution in [2.75, 3.05) is 36.4 Å². The van der Waals surface area contributed by atoms with E-state index in [0.29, 0.717) is 37.4 Å². The molecule has 6 nitrogen and oxygen atoms in total. The molecule has 0 unspecified atom stereocenters. The van der Waals surface area contributed by atoms with Crippen LogP contribution in [0.5, 0.6) is 0 Å². The van der Waals surface area contributed by atoms with E-state index in [-0.39, 0.29) is 11.8 Å². The lowest BCUT2D eigenvalue weighted by atomic mass is 10.2. The summed E-state index contributed by atoms with van der Waals surface area (Å²) >= 11 is 3.53. The standard InChI is InChI=1S/C23H21BrFN5O/c1-15-4-6-17(14-18(15)25)26-23(31)29-11-9-28(10-12-29)22-21-3-2-8-30(21)20-7-5-16(24)13-19(20)27-22/h2-8,13-14H,9-12H2,1H3,(H,26,31). The summed E-state index contributed by atoms with van der Waals surface area (Å²) in [6.45, 7) is 4.16.